The maximum Gasteiger partial charge on any atom is 0.0233 e. The molecule has 0 radical (unpaired) electrons. The molecule has 0 unspecified atom stereocenters. The predicted octanol–water partition coefficient (Wildman–Crippen LogP) is 1.20. The van der Waals surface area contributed by atoms with Crippen LogP contribution in [0.2, 0.25) is 0 Å². The van der Waals surface area contributed by atoms with Crippen molar-refractivity contribution in [1.29, 1.82) is 0 Å². The molecule has 52 valence electrons. The molecule has 1 aliphatic heterocycles. The number of hydrogen-bond donors (Lipinski definition) is 1. The fourth-order valence-corrected chi connectivity index (χ4v) is 1.13. The Morgan fingerprint density at radius 2 is 2.00 bits per heavy atom. The Kier molecular flexibility index (Phi) is 1.44. The highest BCUT2D eigenvalue weighted by Gasteiger charge is 2.19. The predicted molar refractivity (Wildman–Crippen MR) is 41.9 cm³/mol. The number of nitrogens with one attached hydrogen (secondary N) is 1. The summed E-state index contributed by atoms with van der Waals surface area (Å²) >= 11 is 0. The minimum absolute atomic E-state index is 0.766. The fraction of sp³-hybridized carbons (Fsp3) is 0.333. The molecule has 1 atom stereocenters. The lowest BCUT2D eigenvalue weighted by atomic mass is 10.1. The van der Waals surface area contributed by atoms with Crippen LogP contribution in [0.5, 0.6) is 0 Å². The molecule has 1 aromatic carbocycles. The summed E-state index contributed by atoms with van der Waals surface area (Å²) in [5.74, 6) is 0. The highest BCUT2D eigenvalue weighted by molar-refractivity contribution is 5.17. The molecule has 0 aliphatic carbocycles. The number of benzene rings is 1. The first-order chi connectivity index (χ1) is 4.95. The van der Waals surface area contributed by atoms with Gasteiger partial charge in [0.2, 0.25) is 0 Å². The molecule has 1 aliphatic rings. The fourth-order valence-electron chi connectivity index (χ4n) is 1.13. The molecule has 0 saturated carbocycles. The van der Waals surface area contributed by atoms with Crippen molar-refractivity contribution < 1.29 is 0 Å². The van der Waals surface area contributed by atoms with Crippen molar-refractivity contribution in [2.45, 2.75) is 12.5 Å². The number of rotatable bonds is 2. The third-order valence-corrected chi connectivity index (χ3v) is 1.82. The van der Waals surface area contributed by atoms with Crippen LogP contribution in [0.4, 0.5) is 0 Å². The molecule has 1 heterocycles. The lowest BCUT2D eigenvalue weighted by Crippen LogP contribution is -1.95. The Hall–Kier alpha value is -0.820. The summed E-state index contributed by atoms with van der Waals surface area (Å²) in [6, 6.07) is 11.4. The van der Waals surface area contributed by atoms with E-state index in [2.05, 4.69) is 35.6 Å². The van der Waals surface area contributed by atoms with Gasteiger partial charge in [0, 0.05) is 12.6 Å². The Bertz CT molecular complexity index is 201. The highest BCUT2D eigenvalue weighted by atomic mass is 15.1. The molecule has 1 fully saturated rings. The van der Waals surface area contributed by atoms with Crippen molar-refractivity contribution in [3.63, 3.8) is 0 Å². The van der Waals surface area contributed by atoms with Crippen molar-refractivity contribution in [3.05, 3.63) is 35.9 Å². The average molecular weight is 133 g/mol. The van der Waals surface area contributed by atoms with E-state index in [-0.39, 0.29) is 0 Å². The number of hydrogen-bond acceptors (Lipinski definition) is 1. The van der Waals surface area contributed by atoms with Gasteiger partial charge in [-0.1, -0.05) is 30.3 Å². The van der Waals surface area contributed by atoms with E-state index in [1.807, 2.05) is 0 Å². The Labute approximate surface area is 61.1 Å². The van der Waals surface area contributed by atoms with Crippen LogP contribution in [-0.4, -0.2) is 12.6 Å². The standard InChI is InChI=1S/C9H11N/c1-2-4-8(5-3-1)6-9-7-10-9/h1-5,9-10H,6-7H2/t9-/m1/s1. The Morgan fingerprint density at radius 3 is 2.60 bits per heavy atom. The van der Waals surface area contributed by atoms with Gasteiger partial charge < -0.3 is 5.32 Å². The van der Waals surface area contributed by atoms with Gasteiger partial charge in [-0.15, -0.1) is 0 Å². The summed E-state index contributed by atoms with van der Waals surface area (Å²) in [6.07, 6.45) is 1.20. The minimum atomic E-state index is 0.766. The van der Waals surface area contributed by atoms with Gasteiger partial charge >= 0.3 is 0 Å². The zero-order chi connectivity index (χ0) is 6.81. The van der Waals surface area contributed by atoms with Crippen LogP contribution in [0.1, 0.15) is 5.56 Å². The van der Waals surface area contributed by atoms with Crippen LogP contribution >= 0.6 is 0 Å². The lowest BCUT2D eigenvalue weighted by molar-refractivity contribution is 0.930. The van der Waals surface area contributed by atoms with Gasteiger partial charge in [-0.2, -0.15) is 0 Å². The molecule has 10 heavy (non-hydrogen) atoms. The monoisotopic (exact) mass is 133 g/mol. The third kappa shape index (κ3) is 1.36. The quantitative estimate of drug-likeness (QED) is 0.601. The first kappa shape index (κ1) is 5.93. The lowest BCUT2D eigenvalue weighted by Gasteiger charge is -1.94. The molecule has 0 spiro atoms. The van der Waals surface area contributed by atoms with E-state index < -0.39 is 0 Å². The van der Waals surface area contributed by atoms with Crippen LogP contribution in [0.3, 0.4) is 0 Å². The van der Waals surface area contributed by atoms with Crippen LogP contribution in [-0.2, 0) is 6.42 Å². The first-order valence-electron chi connectivity index (χ1n) is 3.72. The van der Waals surface area contributed by atoms with Crippen molar-refractivity contribution in [3.8, 4) is 0 Å². The second-order valence-corrected chi connectivity index (χ2v) is 2.79. The molecule has 0 bridgehead atoms. The molecule has 0 aromatic heterocycles. The van der Waals surface area contributed by atoms with E-state index >= 15 is 0 Å². The van der Waals surface area contributed by atoms with Gasteiger partial charge in [-0.25, -0.2) is 0 Å². The molecule has 1 N–H and O–H groups in total. The van der Waals surface area contributed by atoms with Gasteiger partial charge in [-0.3, -0.25) is 0 Å². The van der Waals surface area contributed by atoms with E-state index in [0.717, 1.165) is 6.04 Å². The summed E-state index contributed by atoms with van der Waals surface area (Å²) in [5.41, 5.74) is 1.44. The maximum absolute atomic E-state index is 3.28. The average Bonchev–Trinajstić information content (AvgIpc) is 2.74. The smallest absolute Gasteiger partial charge is 0.0233 e. The third-order valence-electron chi connectivity index (χ3n) is 1.82. The van der Waals surface area contributed by atoms with Crippen LogP contribution < -0.4 is 5.32 Å². The van der Waals surface area contributed by atoms with Gasteiger partial charge in [0.05, 0.1) is 0 Å². The molecular formula is C9H11N. The summed E-state index contributed by atoms with van der Waals surface area (Å²) in [6.45, 7) is 1.20. The van der Waals surface area contributed by atoms with E-state index in [4.69, 9.17) is 0 Å². The maximum atomic E-state index is 3.28. The van der Waals surface area contributed by atoms with E-state index in [1.54, 1.807) is 0 Å². The summed E-state index contributed by atoms with van der Waals surface area (Å²) in [5, 5.41) is 3.28. The Morgan fingerprint density at radius 1 is 1.30 bits per heavy atom. The molecule has 1 heteroatoms. The van der Waals surface area contributed by atoms with Gasteiger partial charge in [-0.05, 0) is 12.0 Å². The highest BCUT2D eigenvalue weighted by Crippen LogP contribution is 2.07. The Balaban J connectivity index is 2.03. The minimum Gasteiger partial charge on any atom is -0.311 e. The zero-order valence-corrected chi connectivity index (χ0v) is 5.88. The topological polar surface area (TPSA) is 21.9 Å². The molecular weight excluding hydrogens is 122 g/mol. The van der Waals surface area contributed by atoms with Crippen molar-refractivity contribution in [2.24, 2.45) is 0 Å². The molecule has 1 saturated heterocycles. The largest absolute Gasteiger partial charge is 0.311 e. The van der Waals surface area contributed by atoms with E-state index in [9.17, 15) is 0 Å². The van der Waals surface area contributed by atoms with Crippen LogP contribution in [0, 0.1) is 0 Å². The molecule has 2 rings (SSSR count). The van der Waals surface area contributed by atoms with Gasteiger partial charge in [0.15, 0.2) is 0 Å². The molecule has 0 amide bonds. The summed E-state index contributed by atoms with van der Waals surface area (Å²) in [4.78, 5) is 0. The first-order valence-corrected chi connectivity index (χ1v) is 3.72. The second-order valence-electron chi connectivity index (χ2n) is 2.79. The van der Waals surface area contributed by atoms with Gasteiger partial charge in [0.1, 0.15) is 0 Å². The van der Waals surface area contributed by atoms with Crippen LogP contribution in [0.15, 0.2) is 30.3 Å². The van der Waals surface area contributed by atoms with Crippen LogP contribution in [0.25, 0.3) is 0 Å². The zero-order valence-electron chi connectivity index (χ0n) is 5.88. The molecule has 1 aromatic rings. The second kappa shape index (κ2) is 2.43. The van der Waals surface area contributed by atoms with Crippen molar-refractivity contribution >= 4 is 0 Å². The normalized spacial score (nSPS) is 22.6. The van der Waals surface area contributed by atoms with Crippen molar-refractivity contribution in [2.75, 3.05) is 6.54 Å². The summed E-state index contributed by atoms with van der Waals surface area (Å²) < 4.78 is 0. The summed E-state index contributed by atoms with van der Waals surface area (Å²) in [7, 11) is 0. The van der Waals surface area contributed by atoms with Gasteiger partial charge in [0.25, 0.3) is 0 Å². The van der Waals surface area contributed by atoms with E-state index in [0.29, 0.717) is 0 Å². The SMILES string of the molecule is c1ccc(C[C@@H]2CN2)cc1. The molecule has 1 nitrogen and oxygen atoms in total. The van der Waals surface area contributed by atoms with Crippen molar-refractivity contribution in [1.82, 2.24) is 5.32 Å². The van der Waals surface area contributed by atoms with E-state index in [1.165, 1.54) is 18.5 Å².